The molecule has 172 valence electrons. The second kappa shape index (κ2) is 10.4. The molecule has 0 unspecified atom stereocenters. The lowest BCUT2D eigenvalue weighted by Gasteiger charge is -2.10. The first kappa shape index (κ1) is 23.3. The number of ether oxygens (including phenoxy) is 1. The van der Waals surface area contributed by atoms with Crippen LogP contribution in [0, 0.1) is 11.6 Å². The van der Waals surface area contributed by atoms with Crippen LogP contribution >= 0.6 is 11.8 Å². The summed E-state index contributed by atoms with van der Waals surface area (Å²) in [7, 11) is 0. The van der Waals surface area contributed by atoms with E-state index in [0.717, 1.165) is 11.8 Å². The number of esters is 1. The van der Waals surface area contributed by atoms with Gasteiger partial charge in [-0.1, -0.05) is 17.8 Å². The molecule has 34 heavy (non-hydrogen) atoms. The number of nitrogens with one attached hydrogen (secondary N) is 1. The number of anilines is 1. The number of amides is 1. The fourth-order valence-electron chi connectivity index (χ4n) is 3.18. The van der Waals surface area contributed by atoms with Crippen LogP contribution in [0.5, 0.6) is 0 Å². The van der Waals surface area contributed by atoms with Crippen LogP contribution in [0.2, 0.25) is 0 Å². The van der Waals surface area contributed by atoms with Gasteiger partial charge in [-0.2, -0.15) is 0 Å². The van der Waals surface area contributed by atoms with Crippen molar-refractivity contribution < 1.29 is 23.1 Å². The Kier molecular flexibility index (Phi) is 7.12. The van der Waals surface area contributed by atoms with Crippen LogP contribution in [0.25, 0.3) is 22.3 Å². The molecular weight excluding hydrogens is 460 g/mol. The SMILES string of the molecule is CCOC(=O)c1cccc(NC(=O)CSc2nc(-c3ccc(F)cc3)nc3ccc(F)cc23)c1. The minimum absolute atomic E-state index is 0.0187. The molecule has 4 aromatic rings. The Morgan fingerprint density at radius 2 is 1.74 bits per heavy atom. The number of carbonyl (C=O) groups excluding carboxylic acids is 2. The van der Waals surface area contributed by atoms with E-state index in [1.807, 2.05) is 0 Å². The number of halogens is 2. The van der Waals surface area contributed by atoms with Crippen molar-refractivity contribution in [3.8, 4) is 11.4 Å². The van der Waals surface area contributed by atoms with E-state index in [-0.39, 0.29) is 24.1 Å². The maximum Gasteiger partial charge on any atom is 0.338 e. The Balaban J connectivity index is 1.55. The summed E-state index contributed by atoms with van der Waals surface area (Å²) in [5.74, 6) is -1.33. The summed E-state index contributed by atoms with van der Waals surface area (Å²) in [4.78, 5) is 33.4. The molecule has 1 heterocycles. The Morgan fingerprint density at radius 1 is 0.971 bits per heavy atom. The minimum atomic E-state index is -0.476. The first-order chi connectivity index (χ1) is 16.4. The summed E-state index contributed by atoms with van der Waals surface area (Å²) in [5, 5.41) is 3.62. The maximum absolute atomic E-state index is 13.9. The van der Waals surface area contributed by atoms with E-state index in [1.165, 1.54) is 36.4 Å². The van der Waals surface area contributed by atoms with Gasteiger partial charge >= 0.3 is 5.97 Å². The van der Waals surface area contributed by atoms with E-state index in [4.69, 9.17) is 4.74 Å². The van der Waals surface area contributed by atoms with Crippen molar-refractivity contribution in [2.24, 2.45) is 0 Å². The molecule has 9 heteroatoms. The summed E-state index contributed by atoms with van der Waals surface area (Å²) in [6.07, 6.45) is 0. The quantitative estimate of drug-likeness (QED) is 0.215. The smallest absolute Gasteiger partial charge is 0.338 e. The van der Waals surface area contributed by atoms with Crippen LogP contribution in [0.3, 0.4) is 0 Å². The largest absolute Gasteiger partial charge is 0.462 e. The highest BCUT2D eigenvalue weighted by molar-refractivity contribution is 8.00. The molecule has 0 atom stereocenters. The number of aromatic nitrogens is 2. The van der Waals surface area contributed by atoms with Gasteiger partial charge in [-0.05, 0) is 67.6 Å². The Hall–Kier alpha value is -3.85. The van der Waals surface area contributed by atoms with Gasteiger partial charge in [0.1, 0.15) is 16.7 Å². The summed E-state index contributed by atoms with van der Waals surface area (Å²) in [5.41, 5.74) is 1.87. The zero-order valence-corrected chi connectivity index (χ0v) is 18.9. The van der Waals surface area contributed by atoms with Crippen LogP contribution in [0.15, 0.2) is 71.8 Å². The molecule has 1 aromatic heterocycles. The molecular formula is C25H19F2N3O3S. The van der Waals surface area contributed by atoms with Crippen molar-refractivity contribution in [3.05, 3.63) is 83.9 Å². The number of rotatable bonds is 7. The predicted octanol–water partition coefficient (Wildman–Crippen LogP) is 5.48. The van der Waals surface area contributed by atoms with Gasteiger partial charge in [-0.25, -0.2) is 23.5 Å². The number of benzene rings is 3. The van der Waals surface area contributed by atoms with E-state index in [1.54, 1.807) is 37.3 Å². The van der Waals surface area contributed by atoms with Crippen molar-refractivity contribution in [1.29, 1.82) is 0 Å². The average molecular weight is 480 g/mol. The molecule has 0 saturated heterocycles. The predicted molar refractivity (Wildman–Crippen MR) is 127 cm³/mol. The van der Waals surface area contributed by atoms with Gasteiger partial charge in [0.2, 0.25) is 5.91 Å². The van der Waals surface area contributed by atoms with Crippen LogP contribution in [-0.2, 0) is 9.53 Å². The van der Waals surface area contributed by atoms with Crippen molar-refractivity contribution in [2.45, 2.75) is 11.9 Å². The fraction of sp³-hybridized carbons (Fsp3) is 0.120. The molecule has 0 aliphatic carbocycles. The Labute approximate surface area is 198 Å². The molecule has 0 aliphatic rings. The molecule has 0 saturated carbocycles. The minimum Gasteiger partial charge on any atom is -0.462 e. The third kappa shape index (κ3) is 5.55. The van der Waals surface area contributed by atoms with Crippen molar-refractivity contribution in [1.82, 2.24) is 9.97 Å². The molecule has 0 aliphatic heterocycles. The van der Waals surface area contributed by atoms with Gasteiger partial charge in [0.05, 0.1) is 23.4 Å². The van der Waals surface area contributed by atoms with Crippen LogP contribution in [0.1, 0.15) is 17.3 Å². The monoisotopic (exact) mass is 479 g/mol. The van der Waals surface area contributed by atoms with E-state index in [2.05, 4.69) is 15.3 Å². The normalized spacial score (nSPS) is 10.8. The summed E-state index contributed by atoms with van der Waals surface area (Å²) in [6.45, 7) is 1.96. The molecule has 1 amide bonds. The zero-order chi connectivity index (χ0) is 24.1. The van der Waals surface area contributed by atoms with Gasteiger partial charge in [-0.3, -0.25) is 4.79 Å². The van der Waals surface area contributed by atoms with Crippen molar-refractivity contribution >= 4 is 40.2 Å². The maximum atomic E-state index is 13.9. The van der Waals surface area contributed by atoms with Crippen LogP contribution < -0.4 is 5.32 Å². The molecule has 6 nitrogen and oxygen atoms in total. The number of nitrogens with zero attached hydrogens (tertiary/aromatic N) is 2. The molecule has 1 N–H and O–H groups in total. The molecule has 4 rings (SSSR count). The summed E-state index contributed by atoms with van der Waals surface area (Å²) >= 11 is 1.12. The summed E-state index contributed by atoms with van der Waals surface area (Å²) in [6, 6.07) is 16.3. The van der Waals surface area contributed by atoms with E-state index in [9.17, 15) is 18.4 Å². The second-order valence-corrected chi connectivity index (χ2v) is 8.12. The first-order valence-corrected chi connectivity index (χ1v) is 11.3. The molecule has 0 fully saturated rings. The first-order valence-electron chi connectivity index (χ1n) is 10.4. The third-order valence-electron chi connectivity index (χ3n) is 4.72. The standard InChI is InChI=1S/C25H19F2N3O3S/c1-2-33-25(32)16-4-3-5-19(12-16)28-22(31)14-34-24-20-13-18(27)10-11-21(20)29-23(30-24)15-6-8-17(26)9-7-15/h3-13H,2,14H2,1H3,(H,28,31). The number of hydrogen-bond donors (Lipinski definition) is 1. The lowest BCUT2D eigenvalue weighted by Crippen LogP contribution is -2.15. The second-order valence-electron chi connectivity index (χ2n) is 7.16. The van der Waals surface area contributed by atoms with Gasteiger partial charge in [0, 0.05) is 16.6 Å². The zero-order valence-electron chi connectivity index (χ0n) is 18.0. The lowest BCUT2D eigenvalue weighted by molar-refractivity contribution is -0.113. The third-order valence-corrected chi connectivity index (χ3v) is 5.71. The topological polar surface area (TPSA) is 81.2 Å². The van der Waals surface area contributed by atoms with Crippen LogP contribution in [0.4, 0.5) is 14.5 Å². The van der Waals surface area contributed by atoms with E-state index < -0.39 is 11.8 Å². The van der Waals surface area contributed by atoms with Crippen molar-refractivity contribution in [3.63, 3.8) is 0 Å². The molecule has 0 spiro atoms. The molecule has 3 aromatic carbocycles. The van der Waals surface area contributed by atoms with Gasteiger partial charge < -0.3 is 10.1 Å². The van der Waals surface area contributed by atoms with Gasteiger partial charge in [0.25, 0.3) is 0 Å². The highest BCUT2D eigenvalue weighted by Gasteiger charge is 2.14. The number of hydrogen-bond acceptors (Lipinski definition) is 6. The Morgan fingerprint density at radius 3 is 2.50 bits per heavy atom. The highest BCUT2D eigenvalue weighted by Crippen LogP contribution is 2.29. The van der Waals surface area contributed by atoms with Crippen LogP contribution in [-0.4, -0.2) is 34.2 Å². The fourth-order valence-corrected chi connectivity index (χ4v) is 3.99. The van der Waals surface area contributed by atoms with Gasteiger partial charge in [0.15, 0.2) is 5.82 Å². The highest BCUT2D eigenvalue weighted by atomic mass is 32.2. The average Bonchev–Trinajstić information content (AvgIpc) is 2.83. The molecule has 0 radical (unpaired) electrons. The van der Waals surface area contributed by atoms with E-state index >= 15 is 0 Å². The number of carbonyl (C=O) groups is 2. The summed E-state index contributed by atoms with van der Waals surface area (Å²) < 4.78 is 32.2. The lowest BCUT2D eigenvalue weighted by atomic mass is 10.2. The Bertz CT molecular complexity index is 1360. The number of fused-ring (bicyclic) bond motifs is 1. The number of thioether (sulfide) groups is 1. The molecule has 0 bridgehead atoms. The van der Waals surface area contributed by atoms with E-state index in [0.29, 0.717) is 38.6 Å². The van der Waals surface area contributed by atoms with Crippen molar-refractivity contribution in [2.75, 3.05) is 17.7 Å². The van der Waals surface area contributed by atoms with Gasteiger partial charge in [-0.15, -0.1) is 0 Å².